The molecule has 1 amide bonds. The highest BCUT2D eigenvalue weighted by molar-refractivity contribution is 5.91. The molecule has 0 unspecified atom stereocenters. The fraction of sp³-hybridized carbons (Fsp3) is 0.389. The van der Waals surface area contributed by atoms with Crippen molar-refractivity contribution in [2.24, 2.45) is 0 Å². The maximum atomic E-state index is 12.1. The molecule has 1 aromatic carbocycles. The first-order valence-corrected chi connectivity index (χ1v) is 8.16. The Balaban J connectivity index is 1.62. The standard InChI is InChI=1S/C18H22N4O/c23-18(17-13-19-8-9-20-17)21-12-15-6-2-3-7-16(15)14-22-10-4-1-5-11-22/h2-3,6-9,13H,1,4-5,10-12,14H2,(H,21,23). The van der Waals surface area contributed by atoms with Gasteiger partial charge in [-0.2, -0.15) is 0 Å². The van der Waals surface area contributed by atoms with Crippen molar-refractivity contribution in [3.63, 3.8) is 0 Å². The van der Waals surface area contributed by atoms with Crippen LogP contribution in [0.4, 0.5) is 0 Å². The number of hydrogen-bond donors (Lipinski definition) is 1. The second-order valence-corrected chi connectivity index (χ2v) is 5.88. The maximum Gasteiger partial charge on any atom is 0.271 e. The lowest BCUT2D eigenvalue weighted by molar-refractivity contribution is 0.0945. The van der Waals surface area contributed by atoms with Crippen LogP contribution in [-0.4, -0.2) is 33.9 Å². The molecule has 23 heavy (non-hydrogen) atoms. The molecule has 120 valence electrons. The predicted octanol–water partition coefficient (Wildman–Crippen LogP) is 2.39. The summed E-state index contributed by atoms with van der Waals surface area (Å²) in [5.74, 6) is -0.189. The van der Waals surface area contributed by atoms with Crippen LogP contribution in [0.3, 0.4) is 0 Å². The fourth-order valence-electron chi connectivity index (χ4n) is 2.93. The van der Waals surface area contributed by atoms with Crippen LogP contribution in [-0.2, 0) is 13.1 Å². The smallest absolute Gasteiger partial charge is 0.271 e. The Morgan fingerprint density at radius 1 is 1.09 bits per heavy atom. The van der Waals surface area contributed by atoms with E-state index in [0.717, 1.165) is 12.1 Å². The van der Waals surface area contributed by atoms with Gasteiger partial charge in [-0.3, -0.25) is 14.7 Å². The van der Waals surface area contributed by atoms with Crippen molar-refractivity contribution >= 4 is 5.91 Å². The van der Waals surface area contributed by atoms with Crippen LogP contribution in [0.2, 0.25) is 0 Å². The number of amides is 1. The highest BCUT2D eigenvalue weighted by Crippen LogP contribution is 2.16. The Kier molecular flexibility index (Phi) is 5.32. The van der Waals surface area contributed by atoms with E-state index in [2.05, 4.69) is 38.4 Å². The number of likely N-dealkylation sites (tertiary alicyclic amines) is 1. The van der Waals surface area contributed by atoms with Gasteiger partial charge in [0, 0.05) is 25.5 Å². The van der Waals surface area contributed by atoms with Gasteiger partial charge < -0.3 is 5.32 Å². The first kappa shape index (κ1) is 15.6. The van der Waals surface area contributed by atoms with Gasteiger partial charge in [0.15, 0.2) is 0 Å². The molecular formula is C18H22N4O. The van der Waals surface area contributed by atoms with Crippen LogP contribution < -0.4 is 5.32 Å². The van der Waals surface area contributed by atoms with Crippen molar-refractivity contribution in [2.45, 2.75) is 32.4 Å². The molecule has 1 N–H and O–H groups in total. The van der Waals surface area contributed by atoms with E-state index in [0.29, 0.717) is 12.2 Å². The van der Waals surface area contributed by atoms with Crippen LogP contribution >= 0.6 is 0 Å². The van der Waals surface area contributed by atoms with E-state index in [1.54, 1.807) is 6.20 Å². The number of benzene rings is 1. The summed E-state index contributed by atoms with van der Waals surface area (Å²) in [6.45, 7) is 3.80. The third kappa shape index (κ3) is 4.36. The SMILES string of the molecule is O=C(NCc1ccccc1CN1CCCCC1)c1cnccn1. The Labute approximate surface area is 136 Å². The Hall–Kier alpha value is -2.27. The van der Waals surface area contributed by atoms with Crippen LogP contribution in [0.5, 0.6) is 0 Å². The summed E-state index contributed by atoms with van der Waals surface area (Å²) in [5.41, 5.74) is 2.80. The number of hydrogen-bond acceptors (Lipinski definition) is 4. The molecule has 1 aromatic heterocycles. The van der Waals surface area contributed by atoms with Gasteiger partial charge in [-0.05, 0) is 37.1 Å². The normalized spacial score (nSPS) is 15.3. The Morgan fingerprint density at radius 2 is 1.87 bits per heavy atom. The zero-order valence-corrected chi connectivity index (χ0v) is 13.2. The molecule has 5 heteroatoms. The minimum absolute atomic E-state index is 0.189. The molecular weight excluding hydrogens is 288 g/mol. The lowest BCUT2D eigenvalue weighted by Gasteiger charge is -2.27. The van der Waals surface area contributed by atoms with E-state index in [9.17, 15) is 4.79 Å². The molecule has 2 aromatic rings. The molecule has 1 aliphatic heterocycles. The van der Waals surface area contributed by atoms with Crippen molar-refractivity contribution in [1.82, 2.24) is 20.2 Å². The number of nitrogens with one attached hydrogen (secondary N) is 1. The monoisotopic (exact) mass is 310 g/mol. The van der Waals surface area contributed by atoms with Gasteiger partial charge in [-0.15, -0.1) is 0 Å². The van der Waals surface area contributed by atoms with E-state index < -0.39 is 0 Å². The van der Waals surface area contributed by atoms with Crippen molar-refractivity contribution in [3.8, 4) is 0 Å². The van der Waals surface area contributed by atoms with Crippen molar-refractivity contribution in [3.05, 3.63) is 59.7 Å². The number of rotatable bonds is 5. The molecule has 5 nitrogen and oxygen atoms in total. The topological polar surface area (TPSA) is 58.1 Å². The minimum atomic E-state index is -0.189. The van der Waals surface area contributed by atoms with E-state index in [1.807, 2.05) is 6.07 Å². The lowest BCUT2D eigenvalue weighted by atomic mass is 10.0. The van der Waals surface area contributed by atoms with Crippen molar-refractivity contribution < 1.29 is 4.79 Å². The molecule has 1 saturated heterocycles. The van der Waals surface area contributed by atoms with Crippen LogP contribution in [0.1, 0.15) is 40.9 Å². The third-order valence-corrected chi connectivity index (χ3v) is 4.20. The zero-order chi connectivity index (χ0) is 15.9. The van der Waals surface area contributed by atoms with Gasteiger partial charge in [0.05, 0.1) is 6.20 Å². The van der Waals surface area contributed by atoms with Gasteiger partial charge in [0.25, 0.3) is 5.91 Å². The zero-order valence-electron chi connectivity index (χ0n) is 13.2. The molecule has 0 atom stereocenters. The molecule has 0 radical (unpaired) electrons. The third-order valence-electron chi connectivity index (χ3n) is 4.20. The van der Waals surface area contributed by atoms with Crippen LogP contribution in [0, 0.1) is 0 Å². The second kappa shape index (κ2) is 7.83. The van der Waals surface area contributed by atoms with E-state index in [1.165, 1.54) is 50.3 Å². The van der Waals surface area contributed by atoms with Gasteiger partial charge in [0.2, 0.25) is 0 Å². The molecule has 0 bridgehead atoms. The van der Waals surface area contributed by atoms with Gasteiger partial charge >= 0.3 is 0 Å². The number of carbonyl (C=O) groups excluding carboxylic acids is 1. The fourth-order valence-corrected chi connectivity index (χ4v) is 2.93. The molecule has 0 saturated carbocycles. The summed E-state index contributed by atoms with van der Waals surface area (Å²) in [5, 5.41) is 2.93. The largest absolute Gasteiger partial charge is 0.347 e. The quantitative estimate of drug-likeness (QED) is 0.921. The number of piperidine rings is 1. The number of nitrogens with zero attached hydrogens (tertiary/aromatic N) is 3. The van der Waals surface area contributed by atoms with Crippen LogP contribution in [0.15, 0.2) is 42.9 Å². The predicted molar refractivity (Wildman–Crippen MR) is 88.8 cm³/mol. The van der Waals surface area contributed by atoms with Crippen molar-refractivity contribution in [1.29, 1.82) is 0 Å². The van der Waals surface area contributed by atoms with Gasteiger partial charge in [-0.1, -0.05) is 30.7 Å². The number of carbonyl (C=O) groups is 1. The van der Waals surface area contributed by atoms with Crippen LogP contribution in [0.25, 0.3) is 0 Å². The minimum Gasteiger partial charge on any atom is -0.347 e. The molecule has 0 aliphatic carbocycles. The molecule has 2 heterocycles. The van der Waals surface area contributed by atoms with Crippen molar-refractivity contribution in [2.75, 3.05) is 13.1 Å². The molecule has 3 rings (SSSR count). The number of aromatic nitrogens is 2. The molecule has 1 aliphatic rings. The maximum absolute atomic E-state index is 12.1. The average Bonchev–Trinajstić information content (AvgIpc) is 2.62. The average molecular weight is 310 g/mol. The first-order chi connectivity index (χ1) is 11.3. The van der Waals surface area contributed by atoms with Gasteiger partial charge in [-0.25, -0.2) is 4.98 Å². The summed E-state index contributed by atoms with van der Waals surface area (Å²) in [7, 11) is 0. The second-order valence-electron chi connectivity index (χ2n) is 5.88. The van der Waals surface area contributed by atoms with Gasteiger partial charge in [0.1, 0.15) is 5.69 Å². The lowest BCUT2D eigenvalue weighted by Crippen LogP contribution is -2.30. The van der Waals surface area contributed by atoms with E-state index in [-0.39, 0.29) is 5.91 Å². The Bertz CT molecular complexity index is 638. The summed E-state index contributed by atoms with van der Waals surface area (Å²) >= 11 is 0. The summed E-state index contributed by atoms with van der Waals surface area (Å²) < 4.78 is 0. The summed E-state index contributed by atoms with van der Waals surface area (Å²) in [6, 6.07) is 8.31. The Morgan fingerprint density at radius 3 is 2.61 bits per heavy atom. The summed E-state index contributed by atoms with van der Waals surface area (Å²) in [6.07, 6.45) is 8.47. The summed E-state index contributed by atoms with van der Waals surface area (Å²) in [4.78, 5) is 22.5. The molecule has 0 spiro atoms. The molecule has 1 fully saturated rings. The van der Waals surface area contributed by atoms with E-state index in [4.69, 9.17) is 0 Å². The van der Waals surface area contributed by atoms with E-state index >= 15 is 0 Å². The highest BCUT2D eigenvalue weighted by Gasteiger charge is 2.13. The first-order valence-electron chi connectivity index (χ1n) is 8.16. The highest BCUT2D eigenvalue weighted by atomic mass is 16.1.